The predicted octanol–water partition coefficient (Wildman–Crippen LogP) is 3.42. The minimum absolute atomic E-state index is 0.926. The number of nitrogens with zero attached hydrogens (tertiary/aromatic N) is 1. The quantitative estimate of drug-likeness (QED) is 0.642. The van der Waals surface area contributed by atoms with Gasteiger partial charge in [0, 0.05) is 19.3 Å². The van der Waals surface area contributed by atoms with Gasteiger partial charge in [0.1, 0.15) is 0 Å². The van der Waals surface area contributed by atoms with Gasteiger partial charge in [-0.15, -0.1) is 0 Å². The van der Waals surface area contributed by atoms with E-state index in [9.17, 15) is 0 Å². The zero-order valence-electron chi connectivity index (χ0n) is 9.18. The summed E-state index contributed by atoms with van der Waals surface area (Å²) in [5.74, 6) is 0.926. The van der Waals surface area contributed by atoms with Crippen molar-refractivity contribution >= 4 is 0 Å². The van der Waals surface area contributed by atoms with Gasteiger partial charge >= 0.3 is 0 Å². The maximum absolute atomic E-state index is 4.15. The Balaban J connectivity index is 2.26. The van der Waals surface area contributed by atoms with Crippen LogP contribution in [0.4, 0.5) is 0 Å². The Labute approximate surface area is 82.8 Å². The monoisotopic (exact) mass is 181 g/mol. The van der Waals surface area contributed by atoms with Crippen LogP contribution in [-0.4, -0.2) is 18.5 Å². The third-order valence-corrected chi connectivity index (χ3v) is 3.26. The van der Waals surface area contributed by atoms with Crippen molar-refractivity contribution in [1.29, 1.82) is 0 Å². The van der Waals surface area contributed by atoms with Crippen LogP contribution < -0.4 is 0 Å². The largest absolute Gasteiger partial charge is 0.379 e. The summed E-state index contributed by atoms with van der Waals surface area (Å²) < 4.78 is 0. The first-order valence-corrected chi connectivity index (χ1v) is 5.63. The molecule has 76 valence electrons. The van der Waals surface area contributed by atoms with Crippen molar-refractivity contribution in [1.82, 2.24) is 4.90 Å². The Bertz CT molecular complexity index is 157. The van der Waals surface area contributed by atoms with Gasteiger partial charge in [-0.25, -0.2) is 0 Å². The van der Waals surface area contributed by atoms with Gasteiger partial charge in [-0.3, -0.25) is 0 Å². The molecule has 1 saturated carbocycles. The van der Waals surface area contributed by atoms with E-state index in [4.69, 9.17) is 0 Å². The Kier molecular flexibility index (Phi) is 4.34. The van der Waals surface area contributed by atoms with Crippen molar-refractivity contribution in [2.24, 2.45) is 5.92 Å². The van der Waals surface area contributed by atoms with Crippen LogP contribution in [0.25, 0.3) is 0 Å². The SMILES string of the molecule is C=C(CC1CCCCC1)N(C)CC. The molecule has 0 atom stereocenters. The summed E-state index contributed by atoms with van der Waals surface area (Å²) >= 11 is 0. The molecule has 0 N–H and O–H groups in total. The van der Waals surface area contributed by atoms with Crippen LogP contribution >= 0.6 is 0 Å². The summed E-state index contributed by atoms with van der Waals surface area (Å²) in [5.41, 5.74) is 1.33. The van der Waals surface area contributed by atoms with Crippen molar-refractivity contribution in [2.75, 3.05) is 13.6 Å². The molecular formula is C12H23N. The summed E-state index contributed by atoms with van der Waals surface area (Å²) in [6, 6.07) is 0. The highest BCUT2D eigenvalue weighted by molar-refractivity contribution is 4.94. The molecule has 0 spiro atoms. The van der Waals surface area contributed by atoms with Crippen LogP contribution in [-0.2, 0) is 0 Å². The van der Waals surface area contributed by atoms with Crippen LogP contribution in [0.5, 0.6) is 0 Å². The van der Waals surface area contributed by atoms with Crippen LogP contribution in [0.1, 0.15) is 45.4 Å². The molecule has 1 rings (SSSR count). The molecule has 0 aromatic carbocycles. The van der Waals surface area contributed by atoms with Gasteiger partial charge in [0.15, 0.2) is 0 Å². The fourth-order valence-electron chi connectivity index (χ4n) is 2.10. The molecule has 0 bridgehead atoms. The summed E-state index contributed by atoms with van der Waals surface area (Å²) in [4.78, 5) is 2.27. The molecule has 0 unspecified atom stereocenters. The maximum Gasteiger partial charge on any atom is 0.0143 e. The highest BCUT2D eigenvalue weighted by Gasteiger charge is 2.15. The van der Waals surface area contributed by atoms with E-state index in [0.29, 0.717) is 0 Å². The molecule has 0 heterocycles. The molecule has 0 aliphatic heterocycles. The van der Waals surface area contributed by atoms with Gasteiger partial charge in [0.2, 0.25) is 0 Å². The molecular weight excluding hydrogens is 158 g/mol. The zero-order chi connectivity index (χ0) is 9.68. The standard InChI is InChI=1S/C12H23N/c1-4-13(3)11(2)10-12-8-6-5-7-9-12/h12H,2,4-10H2,1,3H3. The van der Waals surface area contributed by atoms with Crippen molar-refractivity contribution < 1.29 is 0 Å². The molecule has 0 aromatic heterocycles. The second-order valence-corrected chi connectivity index (χ2v) is 4.29. The first-order chi connectivity index (χ1) is 6.24. The van der Waals surface area contributed by atoms with Gasteiger partial charge in [-0.05, 0) is 19.3 Å². The lowest BCUT2D eigenvalue weighted by Gasteiger charge is -2.26. The van der Waals surface area contributed by atoms with E-state index in [1.54, 1.807) is 0 Å². The lowest BCUT2D eigenvalue weighted by atomic mass is 9.86. The van der Waals surface area contributed by atoms with Gasteiger partial charge in [-0.1, -0.05) is 38.7 Å². The fourth-order valence-corrected chi connectivity index (χ4v) is 2.10. The smallest absolute Gasteiger partial charge is 0.0143 e. The second kappa shape index (κ2) is 5.31. The first kappa shape index (κ1) is 10.6. The molecule has 1 nitrogen and oxygen atoms in total. The van der Waals surface area contributed by atoms with E-state index in [2.05, 4.69) is 25.5 Å². The number of hydrogen-bond donors (Lipinski definition) is 0. The van der Waals surface area contributed by atoms with Gasteiger partial charge in [0.25, 0.3) is 0 Å². The first-order valence-electron chi connectivity index (χ1n) is 5.63. The van der Waals surface area contributed by atoms with Crippen molar-refractivity contribution in [3.8, 4) is 0 Å². The number of hydrogen-bond acceptors (Lipinski definition) is 1. The molecule has 1 heteroatoms. The van der Waals surface area contributed by atoms with Crippen LogP contribution in [0.15, 0.2) is 12.3 Å². The topological polar surface area (TPSA) is 3.24 Å². The summed E-state index contributed by atoms with van der Waals surface area (Å²) in [6.07, 6.45) is 8.41. The highest BCUT2D eigenvalue weighted by Crippen LogP contribution is 2.28. The van der Waals surface area contributed by atoms with Crippen molar-refractivity contribution in [2.45, 2.75) is 45.4 Å². The van der Waals surface area contributed by atoms with Crippen LogP contribution in [0.2, 0.25) is 0 Å². The molecule has 0 amide bonds. The van der Waals surface area contributed by atoms with E-state index < -0.39 is 0 Å². The molecule has 0 saturated heterocycles. The average molecular weight is 181 g/mol. The average Bonchev–Trinajstić information content (AvgIpc) is 2.18. The van der Waals surface area contributed by atoms with Gasteiger partial charge < -0.3 is 4.90 Å². The Hall–Kier alpha value is -0.460. The Morgan fingerprint density at radius 1 is 1.31 bits per heavy atom. The van der Waals surface area contributed by atoms with E-state index in [0.717, 1.165) is 12.5 Å². The molecule has 0 radical (unpaired) electrons. The van der Waals surface area contributed by atoms with Crippen LogP contribution in [0, 0.1) is 5.92 Å². The molecule has 1 aliphatic carbocycles. The molecule has 1 fully saturated rings. The minimum atomic E-state index is 0.926. The molecule has 1 aliphatic rings. The maximum atomic E-state index is 4.15. The third kappa shape index (κ3) is 3.41. The summed E-state index contributed by atoms with van der Waals surface area (Å²) in [7, 11) is 2.14. The molecule has 0 aromatic rings. The molecule has 13 heavy (non-hydrogen) atoms. The second-order valence-electron chi connectivity index (χ2n) is 4.29. The lowest BCUT2D eigenvalue weighted by molar-refractivity contribution is 0.319. The number of allylic oxidation sites excluding steroid dienone is 1. The Morgan fingerprint density at radius 2 is 1.92 bits per heavy atom. The van der Waals surface area contributed by atoms with E-state index in [1.165, 1.54) is 44.2 Å². The normalized spacial score (nSPS) is 18.6. The van der Waals surface area contributed by atoms with Crippen molar-refractivity contribution in [3.05, 3.63) is 12.3 Å². The van der Waals surface area contributed by atoms with Gasteiger partial charge in [0.05, 0.1) is 0 Å². The van der Waals surface area contributed by atoms with E-state index in [1.807, 2.05) is 0 Å². The minimum Gasteiger partial charge on any atom is -0.379 e. The fraction of sp³-hybridized carbons (Fsp3) is 0.833. The lowest BCUT2D eigenvalue weighted by Crippen LogP contribution is -2.19. The number of rotatable bonds is 4. The summed E-state index contributed by atoms with van der Waals surface area (Å²) in [6.45, 7) is 7.42. The third-order valence-electron chi connectivity index (χ3n) is 3.26. The zero-order valence-corrected chi connectivity index (χ0v) is 9.18. The Morgan fingerprint density at radius 3 is 2.46 bits per heavy atom. The van der Waals surface area contributed by atoms with Gasteiger partial charge in [-0.2, -0.15) is 0 Å². The predicted molar refractivity (Wildman–Crippen MR) is 58.6 cm³/mol. The summed E-state index contributed by atoms with van der Waals surface area (Å²) in [5, 5.41) is 0. The highest BCUT2D eigenvalue weighted by atomic mass is 15.1. The van der Waals surface area contributed by atoms with E-state index in [-0.39, 0.29) is 0 Å². The van der Waals surface area contributed by atoms with Crippen molar-refractivity contribution in [3.63, 3.8) is 0 Å². The van der Waals surface area contributed by atoms with Crippen LogP contribution in [0.3, 0.4) is 0 Å². The van der Waals surface area contributed by atoms with E-state index >= 15 is 0 Å².